The van der Waals surface area contributed by atoms with Gasteiger partial charge in [0.1, 0.15) is 11.2 Å². The summed E-state index contributed by atoms with van der Waals surface area (Å²) < 4.78 is 11.7. The van der Waals surface area contributed by atoms with E-state index in [1.165, 1.54) is 6.08 Å². The number of ketones is 1. The van der Waals surface area contributed by atoms with Crippen molar-refractivity contribution in [1.82, 2.24) is 4.90 Å². The molecule has 0 bridgehead atoms. The van der Waals surface area contributed by atoms with E-state index in [0.717, 1.165) is 0 Å². The molecule has 5 nitrogen and oxygen atoms in total. The van der Waals surface area contributed by atoms with E-state index in [1.807, 2.05) is 41.5 Å². The van der Waals surface area contributed by atoms with Gasteiger partial charge in [-0.05, 0) is 53.5 Å². The summed E-state index contributed by atoms with van der Waals surface area (Å²) in [6.07, 6.45) is 2.52. The molecule has 0 saturated heterocycles. The van der Waals surface area contributed by atoms with Crippen LogP contribution in [0.2, 0.25) is 0 Å². The summed E-state index contributed by atoms with van der Waals surface area (Å²) in [7, 11) is 0. The van der Waals surface area contributed by atoms with Crippen LogP contribution in [0.4, 0.5) is 4.79 Å². The van der Waals surface area contributed by atoms with Crippen LogP contribution in [0.5, 0.6) is 0 Å². The Morgan fingerprint density at radius 2 is 1.67 bits per heavy atom. The summed E-state index contributed by atoms with van der Waals surface area (Å²) >= 11 is 0. The van der Waals surface area contributed by atoms with Gasteiger partial charge in [0.25, 0.3) is 0 Å². The van der Waals surface area contributed by atoms with E-state index in [4.69, 9.17) is 9.47 Å². The average Bonchev–Trinajstić information content (AvgIpc) is 2.54. The van der Waals surface area contributed by atoms with Crippen LogP contribution < -0.4 is 0 Å². The van der Waals surface area contributed by atoms with Crippen molar-refractivity contribution in [3.63, 3.8) is 0 Å². The van der Waals surface area contributed by atoms with Crippen LogP contribution in [-0.4, -0.2) is 47.2 Å². The first-order valence-electron chi connectivity index (χ1n) is 8.93. The van der Waals surface area contributed by atoms with E-state index in [-0.39, 0.29) is 18.0 Å². The minimum absolute atomic E-state index is 0.129. The molecular weight excluding hydrogens is 306 g/mol. The Kier molecular flexibility index (Phi) is 9.26. The molecule has 140 valence electrons. The Morgan fingerprint density at radius 1 is 1.12 bits per heavy atom. The molecule has 0 aromatic carbocycles. The van der Waals surface area contributed by atoms with Crippen molar-refractivity contribution in [2.45, 2.75) is 85.0 Å². The van der Waals surface area contributed by atoms with Gasteiger partial charge in [-0.25, -0.2) is 4.79 Å². The normalized spacial score (nSPS) is 17.3. The van der Waals surface area contributed by atoms with Crippen LogP contribution in [-0.2, 0) is 14.3 Å². The lowest BCUT2D eigenvalue weighted by Gasteiger charge is -2.36. The standard InChI is InChI=1S/C19H35NO4/c1-9-16(21)19(8,11-3)23-15(6)14-18(7,10-2)24-17(22)20(12-4)13-5/h9,15H,1,10-14H2,2-8H3/t15?,18?,19-/m0/s1. The highest BCUT2D eigenvalue weighted by molar-refractivity contribution is 5.96. The Bertz CT molecular complexity index is 433. The molecule has 0 spiro atoms. The highest BCUT2D eigenvalue weighted by Gasteiger charge is 2.36. The minimum atomic E-state index is -0.890. The lowest BCUT2D eigenvalue weighted by molar-refractivity contribution is -0.150. The molecule has 0 heterocycles. The molecule has 0 radical (unpaired) electrons. The number of hydrogen-bond donors (Lipinski definition) is 0. The van der Waals surface area contributed by atoms with Crippen LogP contribution in [0.25, 0.3) is 0 Å². The first-order chi connectivity index (χ1) is 11.1. The summed E-state index contributed by atoms with van der Waals surface area (Å²) in [5.74, 6) is -0.129. The highest BCUT2D eigenvalue weighted by Crippen LogP contribution is 2.28. The van der Waals surface area contributed by atoms with Crippen molar-refractivity contribution < 1.29 is 19.1 Å². The fraction of sp³-hybridized carbons (Fsp3) is 0.789. The van der Waals surface area contributed by atoms with E-state index in [1.54, 1.807) is 11.8 Å². The third-order valence-electron chi connectivity index (χ3n) is 4.67. The average molecular weight is 341 g/mol. The zero-order valence-corrected chi connectivity index (χ0v) is 16.5. The number of carbonyl (C=O) groups excluding carboxylic acids is 2. The smallest absolute Gasteiger partial charge is 0.410 e. The van der Waals surface area contributed by atoms with E-state index >= 15 is 0 Å². The van der Waals surface area contributed by atoms with E-state index < -0.39 is 11.2 Å². The molecule has 2 unspecified atom stereocenters. The minimum Gasteiger partial charge on any atom is -0.443 e. The van der Waals surface area contributed by atoms with Crippen LogP contribution in [0.15, 0.2) is 12.7 Å². The molecule has 0 saturated carbocycles. The third-order valence-corrected chi connectivity index (χ3v) is 4.67. The van der Waals surface area contributed by atoms with Crippen LogP contribution in [0.1, 0.15) is 67.7 Å². The van der Waals surface area contributed by atoms with Crippen molar-refractivity contribution in [3.05, 3.63) is 12.7 Å². The molecule has 0 aliphatic carbocycles. The predicted octanol–water partition coefficient (Wildman–Crippen LogP) is 4.35. The molecule has 0 aromatic heterocycles. The summed E-state index contributed by atoms with van der Waals surface area (Å²) in [5.41, 5.74) is -1.52. The second-order valence-electron chi connectivity index (χ2n) is 6.63. The van der Waals surface area contributed by atoms with E-state index in [9.17, 15) is 9.59 Å². The second-order valence-corrected chi connectivity index (χ2v) is 6.63. The summed E-state index contributed by atoms with van der Waals surface area (Å²) in [5, 5.41) is 0. The number of hydrogen-bond acceptors (Lipinski definition) is 4. The molecule has 0 aliphatic heterocycles. The molecule has 0 aliphatic rings. The van der Waals surface area contributed by atoms with Crippen LogP contribution in [0, 0.1) is 0 Å². The molecule has 1 amide bonds. The SMILES string of the molecule is C=CC(=O)[C@](C)(CC)OC(C)CC(C)(CC)OC(=O)N(CC)CC. The van der Waals surface area contributed by atoms with Crippen molar-refractivity contribution >= 4 is 11.9 Å². The van der Waals surface area contributed by atoms with Gasteiger partial charge in [0, 0.05) is 19.5 Å². The van der Waals surface area contributed by atoms with Crippen LogP contribution in [0.3, 0.4) is 0 Å². The molecule has 3 atom stereocenters. The first-order valence-corrected chi connectivity index (χ1v) is 8.93. The first kappa shape index (κ1) is 22.6. The Hall–Kier alpha value is -1.36. The Labute approximate surface area is 147 Å². The van der Waals surface area contributed by atoms with E-state index in [0.29, 0.717) is 32.4 Å². The van der Waals surface area contributed by atoms with Crippen LogP contribution >= 0.6 is 0 Å². The molecule has 24 heavy (non-hydrogen) atoms. The van der Waals surface area contributed by atoms with Gasteiger partial charge in [0.05, 0.1) is 6.10 Å². The molecule has 0 fully saturated rings. The largest absolute Gasteiger partial charge is 0.443 e. The van der Waals surface area contributed by atoms with Gasteiger partial charge >= 0.3 is 6.09 Å². The van der Waals surface area contributed by atoms with Gasteiger partial charge in [-0.2, -0.15) is 0 Å². The van der Waals surface area contributed by atoms with Gasteiger partial charge < -0.3 is 14.4 Å². The number of nitrogens with zero attached hydrogens (tertiary/aromatic N) is 1. The van der Waals surface area contributed by atoms with Gasteiger partial charge in [0.15, 0.2) is 5.78 Å². The second kappa shape index (κ2) is 9.82. The van der Waals surface area contributed by atoms with Crippen molar-refractivity contribution in [1.29, 1.82) is 0 Å². The summed E-state index contributed by atoms with van der Waals surface area (Å²) in [6, 6.07) is 0. The Balaban J connectivity index is 4.99. The topological polar surface area (TPSA) is 55.8 Å². The Morgan fingerprint density at radius 3 is 2.04 bits per heavy atom. The zero-order valence-electron chi connectivity index (χ0n) is 16.5. The van der Waals surface area contributed by atoms with Gasteiger partial charge in [-0.3, -0.25) is 4.79 Å². The lowest BCUT2D eigenvalue weighted by Crippen LogP contribution is -2.44. The molecule has 5 heteroatoms. The van der Waals surface area contributed by atoms with E-state index in [2.05, 4.69) is 6.58 Å². The zero-order chi connectivity index (χ0) is 19.0. The molecule has 0 N–H and O–H groups in total. The summed E-state index contributed by atoms with van der Waals surface area (Å²) in [6.45, 7) is 18.1. The fourth-order valence-electron chi connectivity index (χ4n) is 2.64. The van der Waals surface area contributed by atoms with Crippen molar-refractivity contribution in [2.24, 2.45) is 0 Å². The maximum atomic E-state index is 12.3. The number of rotatable bonds is 11. The number of ether oxygens (including phenoxy) is 2. The predicted molar refractivity (Wildman–Crippen MR) is 97.2 cm³/mol. The van der Waals surface area contributed by atoms with Crippen molar-refractivity contribution in [2.75, 3.05) is 13.1 Å². The summed E-state index contributed by atoms with van der Waals surface area (Å²) in [4.78, 5) is 25.9. The monoisotopic (exact) mass is 341 g/mol. The number of amides is 1. The van der Waals surface area contributed by atoms with Crippen molar-refractivity contribution in [3.8, 4) is 0 Å². The lowest BCUT2D eigenvalue weighted by atomic mass is 9.93. The maximum absolute atomic E-state index is 12.3. The third kappa shape index (κ3) is 6.27. The van der Waals surface area contributed by atoms with Gasteiger partial charge in [-0.15, -0.1) is 0 Å². The maximum Gasteiger partial charge on any atom is 0.410 e. The highest BCUT2D eigenvalue weighted by atomic mass is 16.6. The molecule has 0 rings (SSSR count). The quantitative estimate of drug-likeness (QED) is 0.524. The number of carbonyl (C=O) groups is 2. The fourth-order valence-corrected chi connectivity index (χ4v) is 2.64. The molecular formula is C19H35NO4. The molecule has 0 aromatic rings. The van der Waals surface area contributed by atoms with Gasteiger partial charge in [-0.1, -0.05) is 20.4 Å². The van der Waals surface area contributed by atoms with Gasteiger partial charge in [0.2, 0.25) is 0 Å².